The van der Waals surface area contributed by atoms with Gasteiger partial charge in [-0.25, -0.2) is 0 Å². The van der Waals surface area contributed by atoms with Gasteiger partial charge in [0.25, 0.3) is 0 Å². The molecule has 0 spiro atoms. The van der Waals surface area contributed by atoms with Crippen LogP contribution in [0.15, 0.2) is 48.8 Å². The molecule has 1 aromatic carbocycles. The van der Waals surface area contributed by atoms with Crippen molar-refractivity contribution in [3.05, 3.63) is 59.9 Å². The zero-order valence-corrected chi connectivity index (χ0v) is 15.6. The van der Waals surface area contributed by atoms with Crippen LogP contribution in [-0.4, -0.2) is 42.0 Å². The Bertz CT molecular complexity index is 751. The molecule has 136 valence electrons. The standard InChI is InChI=1S/C22H27N3O/c1-16(2)22(26)24-11-9-19(13-24)17-5-7-21(8-6-17)25-14-20(15-25)18-4-3-10-23-12-18/h3-8,10,12,16,19-20H,9,11,13-15H2,1-2H3. The summed E-state index contributed by atoms with van der Waals surface area (Å²) in [4.78, 5) is 20.8. The molecule has 1 unspecified atom stereocenters. The summed E-state index contributed by atoms with van der Waals surface area (Å²) in [6.07, 6.45) is 4.89. The van der Waals surface area contributed by atoms with Crippen molar-refractivity contribution >= 4 is 11.6 Å². The molecule has 3 heterocycles. The van der Waals surface area contributed by atoms with Gasteiger partial charge in [0, 0.05) is 62.0 Å². The molecule has 2 aromatic rings. The molecule has 0 bridgehead atoms. The van der Waals surface area contributed by atoms with Crippen LogP contribution in [-0.2, 0) is 4.79 Å². The molecular weight excluding hydrogens is 322 g/mol. The predicted molar refractivity (Wildman–Crippen MR) is 104 cm³/mol. The lowest BCUT2D eigenvalue weighted by Crippen LogP contribution is -2.45. The van der Waals surface area contributed by atoms with Crippen molar-refractivity contribution in [3.8, 4) is 0 Å². The van der Waals surface area contributed by atoms with Gasteiger partial charge in [0.15, 0.2) is 0 Å². The van der Waals surface area contributed by atoms with Gasteiger partial charge in [0.2, 0.25) is 5.91 Å². The zero-order chi connectivity index (χ0) is 18.1. The third-order valence-corrected chi connectivity index (χ3v) is 5.76. The van der Waals surface area contributed by atoms with Crippen molar-refractivity contribution in [1.29, 1.82) is 0 Å². The Morgan fingerprint density at radius 1 is 1.04 bits per heavy atom. The normalized spacial score (nSPS) is 20.5. The van der Waals surface area contributed by atoms with Gasteiger partial charge in [-0.2, -0.15) is 0 Å². The van der Waals surface area contributed by atoms with E-state index in [0.717, 1.165) is 32.6 Å². The van der Waals surface area contributed by atoms with Crippen molar-refractivity contribution in [2.75, 3.05) is 31.1 Å². The summed E-state index contributed by atoms with van der Waals surface area (Å²) in [6, 6.07) is 13.2. The van der Waals surface area contributed by atoms with Crippen LogP contribution in [0.1, 0.15) is 43.2 Å². The summed E-state index contributed by atoms with van der Waals surface area (Å²) in [5, 5.41) is 0. The number of hydrogen-bond donors (Lipinski definition) is 0. The van der Waals surface area contributed by atoms with Gasteiger partial charge < -0.3 is 9.80 Å². The first kappa shape index (κ1) is 17.1. The quantitative estimate of drug-likeness (QED) is 0.845. The van der Waals surface area contributed by atoms with Crippen LogP contribution in [0.25, 0.3) is 0 Å². The maximum atomic E-state index is 12.2. The maximum Gasteiger partial charge on any atom is 0.225 e. The summed E-state index contributed by atoms with van der Waals surface area (Å²) < 4.78 is 0. The molecule has 1 atom stereocenters. The predicted octanol–water partition coefficient (Wildman–Crippen LogP) is 3.66. The molecule has 0 N–H and O–H groups in total. The monoisotopic (exact) mass is 349 g/mol. The van der Waals surface area contributed by atoms with Gasteiger partial charge in [-0.05, 0) is 35.7 Å². The minimum Gasteiger partial charge on any atom is -0.370 e. The third-order valence-electron chi connectivity index (χ3n) is 5.76. The number of benzene rings is 1. The zero-order valence-electron chi connectivity index (χ0n) is 15.6. The Morgan fingerprint density at radius 2 is 1.81 bits per heavy atom. The topological polar surface area (TPSA) is 36.4 Å². The molecule has 4 rings (SSSR count). The van der Waals surface area contributed by atoms with Crippen molar-refractivity contribution < 1.29 is 4.79 Å². The minimum absolute atomic E-state index is 0.0929. The van der Waals surface area contributed by atoms with Gasteiger partial charge in [-0.15, -0.1) is 0 Å². The maximum absolute atomic E-state index is 12.2. The number of hydrogen-bond acceptors (Lipinski definition) is 3. The lowest BCUT2D eigenvalue weighted by molar-refractivity contribution is -0.133. The smallest absolute Gasteiger partial charge is 0.225 e. The van der Waals surface area contributed by atoms with Crippen LogP contribution < -0.4 is 4.90 Å². The van der Waals surface area contributed by atoms with Gasteiger partial charge in [-0.1, -0.05) is 32.0 Å². The number of carbonyl (C=O) groups is 1. The Kier molecular flexibility index (Phi) is 4.66. The summed E-state index contributed by atoms with van der Waals surface area (Å²) in [5.41, 5.74) is 3.99. The van der Waals surface area contributed by atoms with Crippen LogP contribution in [0.2, 0.25) is 0 Å². The molecular formula is C22H27N3O. The number of likely N-dealkylation sites (tertiary alicyclic amines) is 1. The lowest BCUT2D eigenvalue weighted by atomic mass is 9.91. The first-order valence-electron chi connectivity index (χ1n) is 9.65. The van der Waals surface area contributed by atoms with Crippen LogP contribution in [0.5, 0.6) is 0 Å². The molecule has 0 saturated carbocycles. The van der Waals surface area contributed by atoms with E-state index in [1.54, 1.807) is 0 Å². The highest BCUT2D eigenvalue weighted by atomic mass is 16.2. The highest BCUT2D eigenvalue weighted by molar-refractivity contribution is 5.78. The van der Waals surface area contributed by atoms with Gasteiger partial charge in [0.05, 0.1) is 0 Å². The van der Waals surface area contributed by atoms with Gasteiger partial charge in [-0.3, -0.25) is 9.78 Å². The molecule has 0 aliphatic carbocycles. The first-order chi connectivity index (χ1) is 12.6. The second kappa shape index (κ2) is 7.10. The number of carbonyl (C=O) groups excluding carboxylic acids is 1. The van der Waals surface area contributed by atoms with Gasteiger partial charge in [0.1, 0.15) is 0 Å². The number of rotatable bonds is 4. The second-order valence-electron chi connectivity index (χ2n) is 7.90. The minimum atomic E-state index is 0.0929. The van der Waals surface area contributed by atoms with Gasteiger partial charge >= 0.3 is 0 Å². The summed E-state index contributed by atoms with van der Waals surface area (Å²) in [7, 11) is 0. The average molecular weight is 349 g/mol. The molecule has 2 aliphatic heterocycles. The van der Waals surface area contributed by atoms with E-state index >= 15 is 0 Å². The highest BCUT2D eigenvalue weighted by Crippen LogP contribution is 2.33. The molecule has 26 heavy (non-hydrogen) atoms. The van der Waals surface area contributed by atoms with Crippen LogP contribution in [0, 0.1) is 5.92 Å². The number of pyridine rings is 1. The van der Waals surface area contributed by atoms with E-state index < -0.39 is 0 Å². The van der Waals surface area contributed by atoms with Crippen LogP contribution in [0.4, 0.5) is 5.69 Å². The average Bonchev–Trinajstić information content (AvgIpc) is 3.11. The van der Waals surface area contributed by atoms with E-state index in [9.17, 15) is 4.79 Å². The van der Waals surface area contributed by atoms with Crippen molar-refractivity contribution in [3.63, 3.8) is 0 Å². The molecule has 1 aromatic heterocycles. The largest absolute Gasteiger partial charge is 0.370 e. The Hall–Kier alpha value is -2.36. The summed E-state index contributed by atoms with van der Waals surface area (Å²) in [5.74, 6) is 1.45. The first-order valence-corrected chi connectivity index (χ1v) is 9.65. The Labute approximate surface area is 155 Å². The SMILES string of the molecule is CC(C)C(=O)N1CCC(c2ccc(N3CC(c4cccnc4)C3)cc2)C1. The third kappa shape index (κ3) is 3.33. The molecule has 1 amide bonds. The lowest BCUT2D eigenvalue weighted by Gasteiger charge is -2.41. The van der Waals surface area contributed by atoms with Crippen molar-refractivity contribution in [2.45, 2.75) is 32.1 Å². The van der Waals surface area contributed by atoms with Crippen LogP contribution >= 0.6 is 0 Å². The fourth-order valence-corrected chi connectivity index (χ4v) is 4.07. The summed E-state index contributed by atoms with van der Waals surface area (Å²) in [6.45, 7) is 7.84. The fourth-order valence-electron chi connectivity index (χ4n) is 4.07. The number of aromatic nitrogens is 1. The Balaban J connectivity index is 1.34. The van der Waals surface area contributed by atoms with Crippen molar-refractivity contribution in [2.24, 2.45) is 5.92 Å². The van der Waals surface area contributed by atoms with E-state index in [2.05, 4.69) is 40.2 Å². The molecule has 2 aliphatic rings. The van der Waals surface area contributed by atoms with E-state index in [-0.39, 0.29) is 11.8 Å². The van der Waals surface area contributed by atoms with E-state index in [1.807, 2.05) is 37.2 Å². The molecule has 4 nitrogen and oxygen atoms in total. The number of nitrogens with zero attached hydrogens (tertiary/aromatic N) is 3. The van der Waals surface area contributed by atoms with Crippen LogP contribution in [0.3, 0.4) is 0 Å². The molecule has 4 heteroatoms. The van der Waals surface area contributed by atoms with E-state index in [4.69, 9.17) is 0 Å². The molecule has 0 radical (unpaired) electrons. The molecule has 2 fully saturated rings. The number of anilines is 1. The van der Waals surface area contributed by atoms with E-state index in [0.29, 0.717) is 11.8 Å². The molecule has 2 saturated heterocycles. The fraction of sp³-hybridized carbons (Fsp3) is 0.455. The Morgan fingerprint density at radius 3 is 2.46 bits per heavy atom. The highest BCUT2D eigenvalue weighted by Gasteiger charge is 2.30. The number of amides is 1. The second-order valence-corrected chi connectivity index (χ2v) is 7.90. The van der Waals surface area contributed by atoms with Crippen molar-refractivity contribution in [1.82, 2.24) is 9.88 Å². The summed E-state index contributed by atoms with van der Waals surface area (Å²) >= 11 is 0. The van der Waals surface area contributed by atoms with E-state index in [1.165, 1.54) is 16.8 Å².